The van der Waals surface area contributed by atoms with Crippen LogP contribution in [0.3, 0.4) is 0 Å². The number of para-hydroxylation sites is 3. The molecule has 2 amide bonds. The molecule has 1 N–H and O–H groups in total. The van der Waals surface area contributed by atoms with Crippen molar-refractivity contribution in [3.63, 3.8) is 0 Å². The van der Waals surface area contributed by atoms with Crippen molar-refractivity contribution in [1.82, 2.24) is 9.80 Å². The number of anilines is 1. The SMILES string of the molecule is CC(=O)N1CCN(C(=O)CNc2ccccc2Oc2ccccc2)CC1. The van der Waals surface area contributed by atoms with E-state index in [1.807, 2.05) is 54.6 Å². The van der Waals surface area contributed by atoms with Gasteiger partial charge in [-0.05, 0) is 24.3 Å². The van der Waals surface area contributed by atoms with E-state index < -0.39 is 0 Å². The maximum Gasteiger partial charge on any atom is 0.241 e. The average molecular weight is 353 g/mol. The van der Waals surface area contributed by atoms with Crippen molar-refractivity contribution >= 4 is 17.5 Å². The Morgan fingerprint density at radius 3 is 2.23 bits per heavy atom. The summed E-state index contributed by atoms with van der Waals surface area (Å²) in [5.41, 5.74) is 0.770. The Labute approximate surface area is 153 Å². The number of ether oxygens (including phenoxy) is 1. The predicted molar refractivity (Wildman–Crippen MR) is 100 cm³/mol. The van der Waals surface area contributed by atoms with Gasteiger partial charge in [0.2, 0.25) is 11.8 Å². The Kier molecular flexibility index (Phi) is 5.73. The number of carbonyl (C=O) groups excluding carboxylic acids is 2. The second-order valence-corrected chi connectivity index (χ2v) is 6.15. The van der Waals surface area contributed by atoms with Gasteiger partial charge in [-0.25, -0.2) is 0 Å². The van der Waals surface area contributed by atoms with Gasteiger partial charge in [0.1, 0.15) is 5.75 Å². The minimum absolute atomic E-state index is 0.0164. The van der Waals surface area contributed by atoms with Gasteiger partial charge in [0.25, 0.3) is 0 Å². The van der Waals surface area contributed by atoms with Crippen LogP contribution in [0.2, 0.25) is 0 Å². The standard InChI is InChI=1S/C20H23N3O3/c1-16(24)22-11-13-23(14-12-22)20(25)15-21-18-9-5-6-10-19(18)26-17-7-3-2-4-8-17/h2-10,21H,11-15H2,1H3. The van der Waals surface area contributed by atoms with Crippen molar-refractivity contribution in [1.29, 1.82) is 0 Å². The van der Waals surface area contributed by atoms with E-state index in [-0.39, 0.29) is 18.4 Å². The lowest BCUT2D eigenvalue weighted by Gasteiger charge is -2.34. The van der Waals surface area contributed by atoms with Crippen LogP contribution >= 0.6 is 0 Å². The Hall–Kier alpha value is -3.02. The maximum absolute atomic E-state index is 12.4. The van der Waals surface area contributed by atoms with Crippen LogP contribution in [0.4, 0.5) is 5.69 Å². The second-order valence-electron chi connectivity index (χ2n) is 6.15. The molecule has 1 saturated heterocycles. The van der Waals surface area contributed by atoms with Gasteiger partial charge in [-0.2, -0.15) is 0 Å². The monoisotopic (exact) mass is 353 g/mol. The fourth-order valence-corrected chi connectivity index (χ4v) is 2.87. The van der Waals surface area contributed by atoms with Crippen molar-refractivity contribution in [2.24, 2.45) is 0 Å². The van der Waals surface area contributed by atoms with Crippen LogP contribution in [0.5, 0.6) is 11.5 Å². The molecule has 0 bridgehead atoms. The van der Waals surface area contributed by atoms with Gasteiger partial charge in [0.05, 0.1) is 12.2 Å². The number of nitrogens with one attached hydrogen (secondary N) is 1. The fourth-order valence-electron chi connectivity index (χ4n) is 2.87. The van der Waals surface area contributed by atoms with Crippen molar-refractivity contribution in [2.75, 3.05) is 38.0 Å². The molecule has 1 fully saturated rings. The minimum Gasteiger partial charge on any atom is -0.455 e. The molecule has 0 atom stereocenters. The highest BCUT2D eigenvalue weighted by molar-refractivity contribution is 5.82. The van der Waals surface area contributed by atoms with Gasteiger partial charge in [0.15, 0.2) is 5.75 Å². The van der Waals surface area contributed by atoms with E-state index >= 15 is 0 Å². The first-order valence-corrected chi connectivity index (χ1v) is 8.72. The first kappa shape index (κ1) is 17.8. The van der Waals surface area contributed by atoms with E-state index in [9.17, 15) is 9.59 Å². The Morgan fingerprint density at radius 1 is 0.923 bits per heavy atom. The molecule has 0 saturated carbocycles. The number of nitrogens with zero attached hydrogens (tertiary/aromatic N) is 2. The quantitative estimate of drug-likeness (QED) is 0.897. The highest BCUT2D eigenvalue weighted by Gasteiger charge is 2.22. The summed E-state index contributed by atoms with van der Waals surface area (Å²) in [5, 5.41) is 3.17. The Bertz CT molecular complexity index is 756. The van der Waals surface area contributed by atoms with Crippen molar-refractivity contribution in [2.45, 2.75) is 6.92 Å². The predicted octanol–water partition coefficient (Wildman–Crippen LogP) is 2.58. The summed E-state index contributed by atoms with van der Waals surface area (Å²) < 4.78 is 5.90. The molecule has 1 aliphatic rings. The molecule has 0 radical (unpaired) electrons. The molecule has 0 aliphatic carbocycles. The maximum atomic E-state index is 12.4. The van der Waals surface area contributed by atoms with Crippen LogP contribution in [-0.4, -0.2) is 54.3 Å². The second kappa shape index (κ2) is 8.38. The highest BCUT2D eigenvalue weighted by Crippen LogP contribution is 2.28. The first-order valence-electron chi connectivity index (χ1n) is 8.72. The zero-order valence-electron chi connectivity index (χ0n) is 14.9. The number of benzene rings is 2. The normalized spacial score (nSPS) is 14.0. The third kappa shape index (κ3) is 4.53. The number of amides is 2. The molecule has 1 heterocycles. The van der Waals surface area contributed by atoms with E-state index in [4.69, 9.17) is 4.74 Å². The van der Waals surface area contributed by atoms with Crippen molar-refractivity contribution < 1.29 is 14.3 Å². The Balaban J connectivity index is 1.56. The summed E-state index contributed by atoms with van der Waals surface area (Å²) in [4.78, 5) is 27.4. The lowest BCUT2D eigenvalue weighted by atomic mass is 10.2. The van der Waals surface area contributed by atoms with Gasteiger partial charge < -0.3 is 19.9 Å². The molecule has 0 spiro atoms. The van der Waals surface area contributed by atoms with Crippen LogP contribution < -0.4 is 10.1 Å². The molecule has 6 nitrogen and oxygen atoms in total. The zero-order chi connectivity index (χ0) is 18.4. The summed E-state index contributed by atoms with van der Waals surface area (Å²) in [5.74, 6) is 1.49. The van der Waals surface area contributed by atoms with E-state index in [1.54, 1.807) is 16.7 Å². The summed E-state index contributed by atoms with van der Waals surface area (Å²) in [6.45, 7) is 4.08. The number of carbonyl (C=O) groups is 2. The smallest absolute Gasteiger partial charge is 0.241 e. The van der Waals surface area contributed by atoms with E-state index in [0.29, 0.717) is 31.9 Å². The summed E-state index contributed by atoms with van der Waals surface area (Å²) in [6.07, 6.45) is 0. The topological polar surface area (TPSA) is 61.9 Å². The number of hydrogen-bond acceptors (Lipinski definition) is 4. The molecule has 136 valence electrons. The third-order valence-electron chi connectivity index (χ3n) is 4.37. The van der Waals surface area contributed by atoms with Crippen LogP contribution in [0.15, 0.2) is 54.6 Å². The fraction of sp³-hybridized carbons (Fsp3) is 0.300. The van der Waals surface area contributed by atoms with Gasteiger partial charge >= 0.3 is 0 Å². The van der Waals surface area contributed by atoms with Gasteiger partial charge in [0, 0.05) is 33.1 Å². The summed E-state index contributed by atoms with van der Waals surface area (Å²) >= 11 is 0. The minimum atomic E-state index is 0.0164. The molecule has 6 heteroatoms. The van der Waals surface area contributed by atoms with Crippen LogP contribution in [0.25, 0.3) is 0 Å². The number of rotatable bonds is 5. The van der Waals surface area contributed by atoms with Gasteiger partial charge in [-0.15, -0.1) is 0 Å². The van der Waals surface area contributed by atoms with Crippen LogP contribution in [0, 0.1) is 0 Å². The van der Waals surface area contributed by atoms with E-state index in [0.717, 1.165) is 11.4 Å². The molecular formula is C20H23N3O3. The largest absolute Gasteiger partial charge is 0.455 e. The molecule has 2 aromatic rings. The first-order chi connectivity index (χ1) is 12.6. The lowest BCUT2D eigenvalue weighted by Crippen LogP contribution is -2.51. The zero-order valence-corrected chi connectivity index (χ0v) is 14.9. The summed E-state index contributed by atoms with van der Waals surface area (Å²) in [6, 6.07) is 17.1. The molecule has 2 aromatic carbocycles. The van der Waals surface area contributed by atoms with Gasteiger partial charge in [-0.1, -0.05) is 30.3 Å². The molecule has 0 unspecified atom stereocenters. The highest BCUT2D eigenvalue weighted by atomic mass is 16.5. The van der Waals surface area contributed by atoms with Gasteiger partial charge in [-0.3, -0.25) is 9.59 Å². The molecule has 0 aromatic heterocycles. The number of piperazine rings is 1. The molecule has 26 heavy (non-hydrogen) atoms. The lowest BCUT2D eigenvalue weighted by molar-refractivity contribution is -0.137. The Morgan fingerprint density at radius 2 is 1.54 bits per heavy atom. The molecule has 3 rings (SSSR count). The average Bonchev–Trinajstić information content (AvgIpc) is 2.68. The van der Waals surface area contributed by atoms with Crippen molar-refractivity contribution in [3.05, 3.63) is 54.6 Å². The third-order valence-corrected chi connectivity index (χ3v) is 4.37. The van der Waals surface area contributed by atoms with E-state index in [1.165, 1.54) is 0 Å². The molecule has 1 aliphatic heterocycles. The number of hydrogen-bond donors (Lipinski definition) is 1. The van der Waals surface area contributed by atoms with Crippen LogP contribution in [0.1, 0.15) is 6.92 Å². The van der Waals surface area contributed by atoms with Crippen molar-refractivity contribution in [3.8, 4) is 11.5 Å². The molecular weight excluding hydrogens is 330 g/mol. The van der Waals surface area contributed by atoms with E-state index in [2.05, 4.69) is 5.32 Å². The summed E-state index contributed by atoms with van der Waals surface area (Å²) in [7, 11) is 0. The van der Waals surface area contributed by atoms with Crippen LogP contribution in [-0.2, 0) is 9.59 Å².